The van der Waals surface area contributed by atoms with Crippen LogP contribution in [-0.4, -0.2) is 29.8 Å². The van der Waals surface area contributed by atoms with Gasteiger partial charge in [0.15, 0.2) is 0 Å². The molecule has 1 aliphatic heterocycles. The fourth-order valence-electron chi connectivity index (χ4n) is 3.22. The largest absolute Gasteiger partial charge is 0.343 e. The van der Waals surface area contributed by atoms with Gasteiger partial charge < -0.3 is 4.90 Å². The van der Waals surface area contributed by atoms with Crippen molar-refractivity contribution in [3.63, 3.8) is 0 Å². The predicted octanol–water partition coefficient (Wildman–Crippen LogP) is 4.14. The predicted molar refractivity (Wildman–Crippen MR) is 99.7 cm³/mol. The molecule has 1 aliphatic rings. The van der Waals surface area contributed by atoms with Gasteiger partial charge in [0, 0.05) is 37.3 Å². The normalized spacial score (nSPS) is 14.2. The molecule has 0 aliphatic carbocycles. The van der Waals surface area contributed by atoms with Gasteiger partial charge in [-0.3, -0.25) is 14.5 Å². The zero-order valence-corrected chi connectivity index (χ0v) is 14.4. The van der Waals surface area contributed by atoms with Crippen molar-refractivity contribution in [1.82, 2.24) is 4.90 Å². The molecular weight excluding hydrogens is 312 g/mol. The van der Waals surface area contributed by atoms with E-state index in [0.29, 0.717) is 0 Å². The molecule has 1 fully saturated rings. The van der Waals surface area contributed by atoms with Crippen LogP contribution in [0.4, 0.5) is 11.4 Å². The van der Waals surface area contributed by atoms with Gasteiger partial charge in [0.1, 0.15) is 0 Å². The van der Waals surface area contributed by atoms with E-state index in [0.717, 1.165) is 37.3 Å². The summed E-state index contributed by atoms with van der Waals surface area (Å²) in [7, 11) is 0. The first-order valence-electron chi connectivity index (χ1n) is 8.96. The molecule has 130 valence electrons. The highest BCUT2D eigenvalue weighted by Crippen LogP contribution is 2.26. The fourth-order valence-corrected chi connectivity index (χ4v) is 3.22. The summed E-state index contributed by atoms with van der Waals surface area (Å²) in [4.78, 5) is 28.8. The van der Waals surface area contributed by atoms with Crippen LogP contribution in [0.5, 0.6) is 0 Å². The van der Waals surface area contributed by atoms with Gasteiger partial charge in [-0.2, -0.15) is 0 Å². The van der Waals surface area contributed by atoms with Crippen molar-refractivity contribution in [2.24, 2.45) is 0 Å². The smallest absolute Gasteiger partial charge is 0.232 e. The van der Waals surface area contributed by atoms with Crippen LogP contribution in [0.2, 0.25) is 0 Å². The quantitative estimate of drug-likeness (QED) is 0.823. The van der Waals surface area contributed by atoms with Gasteiger partial charge in [-0.25, -0.2) is 0 Å². The molecule has 4 nitrogen and oxygen atoms in total. The molecule has 0 N–H and O–H groups in total. The van der Waals surface area contributed by atoms with E-state index in [1.54, 1.807) is 4.90 Å². The molecule has 0 radical (unpaired) electrons. The van der Waals surface area contributed by atoms with Crippen molar-refractivity contribution in [3.05, 3.63) is 60.7 Å². The Labute approximate surface area is 149 Å². The number of carbonyl (C=O) groups excluding carboxylic acids is 2. The SMILES string of the molecule is O=C(CCC(=O)N(c1ccccc1)c1ccccc1)N1CCCCC1. The van der Waals surface area contributed by atoms with Gasteiger partial charge in [-0.1, -0.05) is 36.4 Å². The topological polar surface area (TPSA) is 40.6 Å². The number of benzene rings is 2. The standard InChI is InChI=1S/C21H24N2O2/c24-20(22-16-8-3-9-17-22)14-15-21(25)23(18-10-4-1-5-11-18)19-12-6-2-7-13-19/h1-2,4-7,10-13H,3,8-9,14-17H2. The zero-order valence-electron chi connectivity index (χ0n) is 14.4. The lowest BCUT2D eigenvalue weighted by Crippen LogP contribution is -2.36. The third kappa shape index (κ3) is 4.47. The first-order valence-corrected chi connectivity index (χ1v) is 8.96. The summed E-state index contributed by atoms with van der Waals surface area (Å²) in [6.07, 6.45) is 3.83. The van der Waals surface area contributed by atoms with Crippen LogP contribution in [-0.2, 0) is 9.59 Å². The third-order valence-electron chi connectivity index (χ3n) is 4.54. The second-order valence-electron chi connectivity index (χ2n) is 6.34. The van der Waals surface area contributed by atoms with Crippen molar-refractivity contribution in [2.45, 2.75) is 32.1 Å². The van der Waals surface area contributed by atoms with Crippen LogP contribution < -0.4 is 4.90 Å². The van der Waals surface area contributed by atoms with Gasteiger partial charge in [-0.05, 0) is 43.5 Å². The van der Waals surface area contributed by atoms with Crippen molar-refractivity contribution in [2.75, 3.05) is 18.0 Å². The number of likely N-dealkylation sites (tertiary alicyclic amines) is 1. The summed E-state index contributed by atoms with van der Waals surface area (Å²) in [6.45, 7) is 1.65. The first-order chi connectivity index (χ1) is 12.3. The highest BCUT2D eigenvalue weighted by atomic mass is 16.2. The zero-order chi connectivity index (χ0) is 17.5. The van der Waals surface area contributed by atoms with E-state index in [-0.39, 0.29) is 24.7 Å². The Morgan fingerprint density at radius 3 is 1.80 bits per heavy atom. The van der Waals surface area contributed by atoms with E-state index in [1.165, 1.54) is 6.42 Å². The van der Waals surface area contributed by atoms with E-state index >= 15 is 0 Å². The molecular formula is C21H24N2O2. The highest BCUT2D eigenvalue weighted by molar-refractivity contribution is 6.01. The molecule has 2 aromatic rings. The lowest BCUT2D eigenvalue weighted by atomic mass is 10.1. The Morgan fingerprint density at radius 2 is 1.28 bits per heavy atom. The summed E-state index contributed by atoms with van der Waals surface area (Å²) in [6, 6.07) is 19.2. The minimum absolute atomic E-state index is 0.0530. The lowest BCUT2D eigenvalue weighted by molar-refractivity contribution is -0.133. The average Bonchev–Trinajstić information content (AvgIpc) is 2.69. The van der Waals surface area contributed by atoms with Crippen molar-refractivity contribution in [3.8, 4) is 0 Å². The lowest BCUT2D eigenvalue weighted by Gasteiger charge is -2.27. The van der Waals surface area contributed by atoms with Gasteiger partial charge in [0.25, 0.3) is 0 Å². The minimum atomic E-state index is -0.0530. The van der Waals surface area contributed by atoms with Gasteiger partial charge >= 0.3 is 0 Å². The van der Waals surface area contributed by atoms with E-state index in [1.807, 2.05) is 65.6 Å². The van der Waals surface area contributed by atoms with Crippen molar-refractivity contribution < 1.29 is 9.59 Å². The molecule has 1 saturated heterocycles. The highest BCUT2D eigenvalue weighted by Gasteiger charge is 2.21. The number of para-hydroxylation sites is 2. The van der Waals surface area contributed by atoms with E-state index in [2.05, 4.69) is 0 Å². The second-order valence-corrected chi connectivity index (χ2v) is 6.34. The Morgan fingerprint density at radius 1 is 0.760 bits per heavy atom. The Hall–Kier alpha value is -2.62. The molecule has 25 heavy (non-hydrogen) atoms. The minimum Gasteiger partial charge on any atom is -0.343 e. The van der Waals surface area contributed by atoms with E-state index in [4.69, 9.17) is 0 Å². The molecule has 4 heteroatoms. The Bertz CT molecular complexity index is 655. The van der Waals surface area contributed by atoms with Crippen molar-refractivity contribution >= 4 is 23.2 Å². The number of hydrogen-bond donors (Lipinski definition) is 0. The molecule has 0 aromatic heterocycles. The van der Waals surface area contributed by atoms with Crippen LogP contribution in [0.15, 0.2) is 60.7 Å². The molecule has 2 amide bonds. The van der Waals surface area contributed by atoms with Crippen LogP contribution in [0.25, 0.3) is 0 Å². The molecule has 0 atom stereocenters. The molecule has 0 bridgehead atoms. The molecule has 1 heterocycles. The summed E-state index contributed by atoms with van der Waals surface area (Å²) < 4.78 is 0. The number of nitrogens with zero attached hydrogens (tertiary/aromatic N) is 2. The summed E-state index contributed by atoms with van der Waals surface area (Å²) in [5.41, 5.74) is 1.65. The molecule has 0 spiro atoms. The maximum Gasteiger partial charge on any atom is 0.232 e. The van der Waals surface area contributed by atoms with Gasteiger partial charge in [-0.15, -0.1) is 0 Å². The average molecular weight is 336 g/mol. The number of amides is 2. The Kier molecular flexibility index (Phi) is 5.83. The number of piperidine rings is 1. The summed E-state index contributed by atoms with van der Waals surface area (Å²) in [5, 5.41) is 0. The summed E-state index contributed by atoms with van der Waals surface area (Å²) >= 11 is 0. The first kappa shape index (κ1) is 17.2. The number of hydrogen-bond acceptors (Lipinski definition) is 2. The van der Waals surface area contributed by atoms with Gasteiger partial charge in [0.2, 0.25) is 11.8 Å². The van der Waals surface area contributed by atoms with E-state index < -0.39 is 0 Å². The van der Waals surface area contributed by atoms with Crippen LogP contribution >= 0.6 is 0 Å². The molecule has 3 rings (SSSR count). The van der Waals surface area contributed by atoms with Crippen LogP contribution in [0.3, 0.4) is 0 Å². The maximum atomic E-state index is 12.9. The molecule has 0 unspecified atom stereocenters. The van der Waals surface area contributed by atoms with Crippen LogP contribution in [0.1, 0.15) is 32.1 Å². The second kappa shape index (κ2) is 8.47. The third-order valence-corrected chi connectivity index (χ3v) is 4.54. The fraction of sp³-hybridized carbons (Fsp3) is 0.333. The molecule has 0 saturated carbocycles. The van der Waals surface area contributed by atoms with Crippen molar-refractivity contribution in [1.29, 1.82) is 0 Å². The monoisotopic (exact) mass is 336 g/mol. The maximum absolute atomic E-state index is 12.9. The van der Waals surface area contributed by atoms with Crippen LogP contribution in [0, 0.1) is 0 Å². The number of carbonyl (C=O) groups is 2. The molecule has 2 aromatic carbocycles. The number of anilines is 2. The van der Waals surface area contributed by atoms with Gasteiger partial charge in [0.05, 0.1) is 0 Å². The van der Waals surface area contributed by atoms with E-state index in [9.17, 15) is 9.59 Å². The number of rotatable bonds is 5. The summed E-state index contributed by atoms with van der Waals surface area (Å²) in [5.74, 6) is 0.0388. The Balaban J connectivity index is 1.70.